The van der Waals surface area contributed by atoms with E-state index in [0.717, 1.165) is 17.7 Å². The number of para-hydroxylation sites is 1. The molecule has 0 spiro atoms. The van der Waals surface area contributed by atoms with Gasteiger partial charge in [0.1, 0.15) is 5.75 Å². The second-order valence-electron chi connectivity index (χ2n) is 3.44. The van der Waals surface area contributed by atoms with Gasteiger partial charge in [-0.2, -0.15) is 0 Å². The topological polar surface area (TPSA) is 90.1 Å². The van der Waals surface area contributed by atoms with Crippen molar-refractivity contribution in [3.05, 3.63) is 35.3 Å². The maximum absolute atomic E-state index is 5.59. The first kappa shape index (κ1) is 12.0. The van der Waals surface area contributed by atoms with Crippen LogP contribution in [-0.2, 0) is 0 Å². The molecule has 0 aliphatic carbocycles. The van der Waals surface area contributed by atoms with Gasteiger partial charge in [-0.1, -0.05) is 19.1 Å². The number of hydrogen-bond acceptors (Lipinski definition) is 5. The molecule has 0 unspecified atom stereocenters. The number of nitrogens with zero attached hydrogens (tertiary/aromatic N) is 5. The first-order chi connectivity index (χ1) is 8.90. The van der Waals surface area contributed by atoms with Crippen LogP contribution in [0.1, 0.15) is 18.9 Å². The van der Waals surface area contributed by atoms with Gasteiger partial charge in [0.2, 0.25) is 0 Å². The minimum Gasteiger partial charge on any atom is -0.493 e. The number of tetrazole rings is 1. The fourth-order valence-electron chi connectivity index (χ4n) is 1.27. The molecule has 0 aliphatic heterocycles. The Hall–Kier alpha value is -2.44. The Bertz CT molecular complexity index is 496. The van der Waals surface area contributed by atoms with Crippen LogP contribution < -0.4 is 4.74 Å². The minimum atomic E-state index is 0.193. The van der Waals surface area contributed by atoms with Crippen LogP contribution >= 0.6 is 0 Å². The molecule has 0 amide bonds. The van der Waals surface area contributed by atoms with Crippen LogP contribution in [0.15, 0.2) is 29.4 Å². The highest BCUT2D eigenvalue weighted by atomic mass is 16.5. The maximum Gasteiger partial charge on any atom is 0.128 e. The van der Waals surface area contributed by atoms with E-state index in [1.807, 2.05) is 24.3 Å². The predicted octanol–water partition coefficient (Wildman–Crippen LogP) is 2.03. The fraction of sp³-hybridized carbons (Fsp3) is 0.273. The number of nitrogens with one attached hydrogen (secondary N) is 1. The van der Waals surface area contributed by atoms with E-state index >= 15 is 0 Å². The molecule has 1 heterocycles. The van der Waals surface area contributed by atoms with Gasteiger partial charge in [0.15, 0.2) is 0 Å². The molecule has 1 N–H and O–H groups in total. The summed E-state index contributed by atoms with van der Waals surface area (Å²) >= 11 is 0. The van der Waals surface area contributed by atoms with Crippen molar-refractivity contribution < 1.29 is 4.74 Å². The van der Waals surface area contributed by atoms with Crippen molar-refractivity contribution in [1.29, 1.82) is 0 Å². The zero-order valence-electron chi connectivity index (χ0n) is 9.95. The number of aromatic amines is 1. The van der Waals surface area contributed by atoms with Crippen molar-refractivity contribution >= 4 is 12.2 Å². The van der Waals surface area contributed by atoms with Crippen LogP contribution in [0.3, 0.4) is 0 Å². The van der Waals surface area contributed by atoms with Crippen LogP contribution in [0.25, 0.3) is 5.43 Å². The predicted molar refractivity (Wildman–Crippen MR) is 67.0 cm³/mol. The van der Waals surface area contributed by atoms with Crippen molar-refractivity contribution in [1.82, 2.24) is 20.6 Å². The monoisotopic (exact) mass is 245 g/mol. The standard InChI is InChI=1S/C11H13N6O/c1-2-7-18-10-6-4-3-5-9(10)8-12-13-11-14-16-17-15-11/h3-6,8H,2,7H2,1H3,(H-,13,14,15,16,17)/q-1/b12-8-. The van der Waals surface area contributed by atoms with Crippen molar-refractivity contribution in [2.45, 2.75) is 13.3 Å². The molecule has 7 heteroatoms. The lowest BCUT2D eigenvalue weighted by molar-refractivity contribution is 0.317. The summed E-state index contributed by atoms with van der Waals surface area (Å²) in [6, 6.07) is 7.62. The van der Waals surface area contributed by atoms with Gasteiger partial charge in [0, 0.05) is 11.8 Å². The van der Waals surface area contributed by atoms with Gasteiger partial charge in [0.05, 0.1) is 12.6 Å². The summed E-state index contributed by atoms with van der Waals surface area (Å²) in [6.45, 7) is 2.73. The smallest absolute Gasteiger partial charge is 0.128 e. The van der Waals surface area contributed by atoms with Gasteiger partial charge in [-0.05, 0) is 18.6 Å². The number of rotatable bonds is 6. The van der Waals surface area contributed by atoms with Gasteiger partial charge in [-0.15, -0.1) is 5.21 Å². The summed E-state index contributed by atoms with van der Waals surface area (Å²) in [4.78, 5) is 0. The SMILES string of the molecule is CCCOc1ccccc1/C=N\[N-]c1nn[nH]n1. The lowest BCUT2D eigenvalue weighted by atomic mass is 10.2. The Morgan fingerprint density at radius 3 is 3.11 bits per heavy atom. The Morgan fingerprint density at radius 2 is 2.33 bits per heavy atom. The molecular formula is C11H13N6O-. The van der Waals surface area contributed by atoms with Crippen LogP contribution in [0, 0.1) is 0 Å². The summed E-state index contributed by atoms with van der Waals surface area (Å²) in [6.07, 6.45) is 2.56. The quantitative estimate of drug-likeness (QED) is 0.622. The average Bonchev–Trinajstić information content (AvgIpc) is 2.91. The van der Waals surface area contributed by atoms with E-state index in [0.29, 0.717) is 6.61 Å². The molecule has 0 bridgehead atoms. The van der Waals surface area contributed by atoms with Gasteiger partial charge in [-0.25, -0.2) is 5.10 Å². The third-order valence-corrected chi connectivity index (χ3v) is 2.06. The molecule has 0 atom stereocenters. The van der Waals surface area contributed by atoms with Crippen molar-refractivity contribution in [3.63, 3.8) is 0 Å². The number of H-pyrrole nitrogens is 1. The van der Waals surface area contributed by atoms with Gasteiger partial charge < -0.3 is 4.74 Å². The number of aromatic nitrogens is 4. The Kier molecular flexibility index (Phi) is 4.23. The van der Waals surface area contributed by atoms with Crippen molar-refractivity contribution in [2.75, 3.05) is 6.61 Å². The van der Waals surface area contributed by atoms with Crippen LogP contribution in [0.4, 0.5) is 5.95 Å². The molecule has 7 nitrogen and oxygen atoms in total. The molecule has 1 aromatic carbocycles. The van der Waals surface area contributed by atoms with E-state index in [9.17, 15) is 0 Å². The second kappa shape index (κ2) is 6.33. The molecular weight excluding hydrogens is 232 g/mol. The third kappa shape index (κ3) is 3.27. The first-order valence-corrected chi connectivity index (χ1v) is 5.59. The number of benzene rings is 1. The number of hydrogen-bond donors (Lipinski definition) is 1. The number of ether oxygens (including phenoxy) is 1. The van der Waals surface area contributed by atoms with Gasteiger partial charge in [0.25, 0.3) is 0 Å². The third-order valence-electron chi connectivity index (χ3n) is 2.06. The molecule has 18 heavy (non-hydrogen) atoms. The largest absolute Gasteiger partial charge is 0.493 e. The van der Waals surface area contributed by atoms with E-state index in [-0.39, 0.29) is 5.95 Å². The van der Waals surface area contributed by atoms with Crippen molar-refractivity contribution in [3.8, 4) is 5.75 Å². The van der Waals surface area contributed by atoms with E-state index in [2.05, 4.69) is 38.1 Å². The first-order valence-electron chi connectivity index (χ1n) is 5.59. The average molecular weight is 245 g/mol. The highest BCUT2D eigenvalue weighted by molar-refractivity contribution is 5.84. The summed E-state index contributed by atoms with van der Waals surface area (Å²) in [5.41, 5.74) is 4.64. The highest BCUT2D eigenvalue weighted by Gasteiger charge is 1.98. The van der Waals surface area contributed by atoms with Gasteiger partial charge in [-0.3, -0.25) is 20.8 Å². The van der Waals surface area contributed by atoms with Gasteiger partial charge >= 0.3 is 0 Å². The lowest BCUT2D eigenvalue weighted by Crippen LogP contribution is -1.98. The van der Waals surface area contributed by atoms with E-state index in [1.165, 1.54) is 0 Å². The summed E-state index contributed by atoms with van der Waals surface area (Å²) < 4.78 is 5.59. The van der Waals surface area contributed by atoms with E-state index in [4.69, 9.17) is 4.74 Å². The molecule has 1 aromatic heterocycles. The van der Waals surface area contributed by atoms with Crippen LogP contribution in [0.5, 0.6) is 5.75 Å². The van der Waals surface area contributed by atoms with E-state index < -0.39 is 0 Å². The summed E-state index contributed by atoms with van der Waals surface area (Å²) in [7, 11) is 0. The summed E-state index contributed by atoms with van der Waals surface area (Å²) in [5, 5.41) is 16.9. The van der Waals surface area contributed by atoms with Crippen molar-refractivity contribution in [2.24, 2.45) is 5.10 Å². The zero-order chi connectivity index (χ0) is 12.6. The van der Waals surface area contributed by atoms with Crippen LogP contribution in [-0.4, -0.2) is 33.4 Å². The zero-order valence-corrected chi connectivity index (χ0v) is 9.95. The fourth-order valence-corrected chi connectivity index (χ4v) is 1.27. The summed E-state index contributed by atoms with van der Waals surface area (Å²) in [5.74, 6) is 0.976. The van der Waals surface area contributed by atoms with E-state index in [1.54, 1.807) is 6.21 Å². The molecule has 2 rings (SSSR count). The second-order valence-corrected chi connectivity index (χ2v) is 3.44. The maximum atomic E-state index is 5.59. The Labute approximate surface area is 104 Å². The molecule has 0 saturated heterocycles. The molecule has 0 radical (unpaired) electrons. The molecule has 0 aliphatic rings. The molecule has 0 fully saturated rings. The van der Waals surface area contributed by atoms with Crippen LogP contribution in [0.2, 0.25) is 0 Å². The molecule has 94 valence electrons. The lowest BCUT2D eigenvalue weighted by Gasteiger charge is -2.07. The minimum absolute atomic E-state index is 0.193. The Morgan fingerprint density at radius 1 is 1.44 bits per heavy atom. The normalized spacial score (nSPS) is 10.7. The highest BCUT2D eigenvalue weighted by Crippen LogP contribution is 2.17. The molecule has 0 saturated carbocycles. The Balaban J connectivity index is 2.01. The molecule has 2 aromatic rings.